The molecule has 1 N–H and O–H groups in total. The summed E-state index contributed by atoms with van der Waals surface area (Å²) in [5, 5.41) is 0.622. The van der Waals surface area contributed by atoms with Gasteiger partial charge in [0.15, 0.2) is 0 Å². The van der Waals surface area contributed by atoms with Crippen LogP contribution in [0, 0.1) is 11.6 Å². The van der Waals surface area contributed by atoms with Crippen LogP contribution in [0.1, 0.15) is 0 Å². The summed E-state index contributed by atoms with van der Waals surface area (Å²) in [6.45, 7) is 0.118. The monoisotopic (exact) mass is 363 g/mol. The Morgan fingerprint density at radius 1 is 1.09 bits per heavy atom. The van der Waals surface area contributed by atoms with Gasteiger partial charge in [0.1, 0.15) is 16.5 Å². The first-order chi connectivity index (χ1) is 10.4. The number of benzene rings is 2. The van der Waals surface area contributed by atoms with E-state index in [4.69, 9.17) is 11.6 Å². The zero-order chi connectivity index (χ0) is 16.2. The lowest BCUT2D eigenvalue weighted by Crippen LogP contribution is -2.26. The Balaban J connectivity index is 1.91. The molecule has 0 atom stereocenters. The average molecular weight is 364 g/mol. The quantitative estimate of drug-likeness (QED) is 0.629. The van der Waals surface area contributed by atoms with Gasteiger partial charge in [0, 0.05) is 28.3 Å². The fourth-order valence-electron chi connectivity index (χ4n) is 1.65. The molecule has 0 amide bonds. The van der Waals surface area contributed by atoms with E-state index in [0.717, 1.165) is 17.0 Å². The van der Waals surface area contributed by atoms with Gasteiger partial charge in [0.25, 0.3) is 0 Å². The highest BCUT2D eigenvalue weighted by molar-refractivity contribution is 7.99. The predicted molar refractivity (Wildman–Crippen MR) is 83.7 cm³/mol. The molecule has 2 aromatic carbocycles. The molecule has 2 aromatic rings. The summed E-state index contributed by atoms with van der Waals surface area (Å²) in [6, 6.07) is 9.46. The van der Waals surface area contributed by atoms with Crippen LogP contribution >= 0.6 is 23.4 Å². The van der Waals surface area contributed by atoms with Gasteiger partial charge in [-0.25, -0.2) is 21.9 Å². The van der Waals surface area contributed by atoms with Gasteiger partial charge in [-0.2, -0.15) is 0 Å². The number of nitrogens with one attached hydrogen (secondary N) is 1. The average Bonchev–Trinajstić information content (AvgIpc) is 2.45. The van der Waals surface area contributed by atoms with Crippen molar-refractivity contribution in [2.75, 3.05) is 12.3 Å². The van der Waals surface area contributed by atoms with Gasteiger partial charge in [-0.15, -0.1) is 11.8 Å². The minimum absolute atomic E-state index is 0.118. The molecule has 118 valence electrons. The minimum Gasteiger partial charge on any atom is -0.210 e. The van der Waals surface area contributed by atoms with Crippen LogP contribution in [0.25, 0.3) is 0 Å². The van der Waals surface area contributed by atoms with Crippen LogP contribution in [-0.4, -0.2) is 20.7 Å². The van der Waals surface area contributed by atoms with Crippen LogP contribution in [0.5, 0.6) is 0 Å². The number of rotatable bonds is 6. The third-order valence-corrected chi connectivity index (χ3v) is 5.42. The summed E-state index contributed by atoms with van der Waals surface area (Å²) >= 11 is 7.20. The lowest BCUT2D eigenvalue weighted by Gasteiger charge is -2.07. The van der Waals surface area contributed by atoms with Crippen molar-refractivity contribution in [2.45, 2.75) is 9.79 Å². The van der Waals surface area contributed by atoms with Crippen molar-refractivity contribution < 1.29 is 17.2 Å². The van der Waals surface area contributed by atoms with Crippen LogP contribution in [0.15, 0.2) is 52.3 Å². The summed E-state index contributed by atoms with van der Waals surface area (Å²) in [4.78, 5) is 0.377. The molecular weight excluding hydrogens is 352 g/mol. The van der Waals surface area contributed by atoms with Gasteiger partial charge in [0.2, 0.25) is 10.0 Å². The van der Waals surface area contributed by atoms with Gasteiger partial charge in [0.05, 0.1) is 0 Å². The van der Waals surface area contributed by atoms with E-state index >= 15 is 0 Å². The molecule has 3 nitrogen and oxygen atoms in total. The van der Waals surface area contributed by atoms with Crippen molar-refractivity contribution in [3.05, 3.63) is 59.1 Å². The zero-order valence-corrected chi connectivity index (χ0v) is 13.6. The molecule has 0 aliphatic heterocycles. The van der Waals surface area contributed by atoms with E-state index in [1.807, 2.05) is 12.1 Å². The van der Waals surface area contributed by atoms with E-state index in [1.165, 1.54) is 11.8 Å². The normalized spacial score (nSPS) is 11.6. The highest BCUT2D eigenvalue weighted by Crippen LogP contribution is 2.20. The molecule has 0 fully saturated rings. The van der Waals surface area contributed by atoms with Crippen molar-refractivity contribution in [1.82, 2.24) is 4.72 Å². The zero-order valence-electron chi connectivity index (χ0n) is 11.2. The molecule has 22 heavy (non-hydrogen) atoms. The fourth-order valence-corrected chi connectivity index (χ4v) is 3.76. The molecule has 0 unspecified atom stereocenters. The molecule has 0 aromatic heterocycles. The largest absolute Gasteiger partial charge is 0.243 e. The van der Waals surface area contributed by atoms with Crippen molar-refractivity contribution in [2.24, 2.45) is 0 Å². The summed E-state index contributed by atoms with van der Waals surface area (Å²) < 4.78 is 52.4. The molecular formula is C14H12ClF2NO2S2. The number of hydrogen-bond donors (Lipinski definition) is 1. The number of hydrogen-bond acceptors (Lipinski definition) is 3. The molecule has 0 spiro atoms. The SMILES string of the molecule is O=S(=O)(NCCSc1ccc(Cl)cc1)c1ccc(F)cc1F. The fraction of sp³-hybridized carbons (Fsp3) is 0.143. The Hall–Kier alpha value is -1.15. The second-order valence-corrected chi connectivity index (χ2v) is 7.62. The molecule has 0 saturated heterocycles. The molecule has 0 bridgehead atoms. The Labute approximate surface area is 136 Å². The Morgan fingerprint density at radius 3 is 2.41 bits per heavy atom. The number of sulfonamides is 1. The van der Waals surface area contributed by atoms with Crippen molar-refractivity contribution in [1.29, 1.82) is 0 Å². The summed E-state index contributed by atoms with van der Waals surface area (Å²) in [6.07, 6.45) is 0. The topological polar surface area (TPSA) is 46.2 Å². The van der Waals surface area contributed by atoms with Crippen molar-refractivity contribution in [3.8, 4) is 0 Å². The van der Waals surface area contributed by atoms with Crippen LogP contribution in [0.4, 0.5) is 8.78 Å². The van der Waals surface area contributed by atoms with Gasteiger partial charge in [-0.3, -0.25) is 0 Å². The van der Waals surface area contributed by atoms with Gasteiger partial charge < -0.3 is 0 Å². The highest BCUT2D eigenvalue weighted by Gasteiger charge is 2.18. The molecule has 0 saturated carbocycles. The van der Waals surface area contributed by atoms with E-state index in [0.29, 0.717) is 16.8 Å². The van der Waals surface area contributed by atoms with Crippen LogP contribution in [0.3, 0.4) is 0 Å². The Bertz CT molecular complexity index is 752. The Morgan fingerprint density at radius 2 is 1.77 bits per heavy atom. The smallest absolute Gasteiger partial charge is 0.210 e. The first kappa shape index (κ1) is 17.2. The first-order valence-corrected chi connectivity index (χ1v) is 9.06. The molecule has 0 heterocycles. The predicted octanol–water partition coefficient (Wildman–Crippen LogP) is 3.69. The maximum Gasteiger partial charge on any atom is 0.243 e. The van der Waals surface area contributed by atoms with Crippen molar-refractivity contribution >= 4 is 33.4 Å². The van der Waals surface area contributed by atoms with Crippen LogP contribution in [-0.2, 0) is 10.0 Å². The van der Waals surface area contributed by atoms with Crippen LogP contribution in [0.2, 0.25) is 5.02 Å². The molecule has 0 aliphatic rings. The molecule has 8 heteroatoms. The minimum atomic E-state index is -3.99. The summed E-state index contributed by atoms with van der Waals surface area (Å²) in [7, 11) is -3.99. The maximum atomic E-state index is 13.5. The number of thioether (sulfide) groups is 1. The Kier molecular flexibility index (Phi) is 5.80. The lowest BCUT2D eigenvalue weighted by molar-refractivity contribution is 0.544. The molecule has 0 aliphatic carbocycles. The third kappa shape index (κ3) is 4.67. The first-order valence-electron chi connectivity index (χ1n) is 6.21. The number of halogens is 3. The second kappa shape index (κ2) is 7.41. The van der Waals surface area contributed by atoms with Gasteiger partial charge in [-0.1, -0.05) is 11.6 Å². The van der Waals surface area contributed by atoms with Crippen molar-refractivity contribution in [3.63, 3.8) is 0 Å². The highest BCUT2D eigenvalue weighted by atomic mass is 35.5. The van der Waals surface area contributed by atoms with E-state index in [-0.39, 0.29) is 6.54 Å². The summed E-state index contributed by atoms with van der Waals surface area (Å²) in [5.74, 6) is -1.48. The standard InChI is InChI=1S/C14H12ClF2NO2S2/c15-10-1-4-12(5-2-10)21-8-7-18-22(19,20)14-6-3-11(16)9-13(14)17/h1-6,9,18H,7-8H2. The third-order valence-electron chi connectivity index (χ3n) is 2.66. The van der Waals surface area contributed by atoms with Crippen LogP contribution < -0.4 is 4.72 Å². The van der Waals surface area contributed by atoms with E-state index in [2.05, 4.69) is 4.72 Å². The van der Waals surface area contributed by atoms with E-state index < -0.39 is 26.6 Å². The molecule has 2 rings (SSSR count). The lowest BCUT2D eigenvalue weighted by atomic mass is 10.3. The summed E-state index contributed by atoms with van der Waals surface area (Å²) in [5.41, 5.74) is 0. The van der Waals surface area contributed by atoms with Gasteiger partial charge >= 0.3 is 0 Å². The second-order valence-electron chi connectivity index (χ2n) is 4.27. The maximum absolute atomic E-state index is 13.5. The molecule has 0 radical (unpaired) electrons. The van der Waals surface area contributed by atoms with Gasteiger partial charge in [-0.05, 0) is 36.4 Å². The van der Waals surface area contributed by atoms with E-state index in [1.54, 1.807) is 12.1 Å². The van der Waals surface area contributed by atoms with E-state index in [9.17, 15) is 17.2 Å².